The molecular formula is C26H23Cl2NOSiZr. The van der Waals surface area contributed by atoms with Gasteiger partial charge in [0.25, 0.3) is 0 Å². The number of nitrogens with zero attached hydrogens (tertiary/aromatic N) is 1. The fourth-order valence-corrected chi connectivity index (χ4v) is 7.47. The van der Waals surface area contributed by atoms with Gasteiger partial charge in [-0.15, -0.1) is 0 Å². The van der Waals surface area contributed by atoms with E-state index in [4.69, 9.17) is 17.0 Å². The van der Waals surface area contributed by atoms with E-state index in [0.29, 0.717) is 5.75 Å². The third kappa shape index (κ3) is 5.88. The molecule has 6 heteroatoms. The summed E-state index contributed by atoms with van der Waals surface area (Å²) in [5, 5.41) is 14.8. The van der Waals surface area contributed by atoms with Crippen LogP contribution in [-0.2, 0) is 20.8 Å². The van der Waals surface area contributed by atoms with Gasteiger partial charge in [0.2, 0.25) is 0 Å². The van der Waals surface area contributed by atoms with Gasteiger partial charge in [0.1, 0.15) is 13.8 Å². The molecular weight excluding hydrogens is 533 g/mol. The van der Waals surface area contributed by atoms with E-state index >= 15 is 0 Å². The zero-order valence-electron chi connectivity index (χ0n) is 17.6. The molecule has 1 N–H and O–H groups in total. The molecule has 0 fully saturated rings. The number of halogens is 2. The molecule has 0 saturated heterocycles. The predicted molar refractivity (Wildman–Crippen MR) is 137 cm³/mol. The Hall–Kier alpha value is -1.97. The summed E-state index contributed by atoms with van der Waals surface area (Å²) >= 11 is -0.826. The van der Waals surface area contributed by atoms with Gasteiger partial charge in [0.05, 0.1) is 5.69 Å². The van der Waals surface area contributed by atoms with Crippen molar-refractivity contribution in [2.24, 2.45) is 4.99 Å². The second kappa shape index (κ2) is 12.3. The van der Waals surface area contributed by atoms with Gasteiger partial charge in [0, 0.05) is 11.8 Å². The molecule has 4 aromatic rings. The van der Waals surface area contributed by atoms with Crippen molar-refractivity contribution in [1.82, 2.24) is 0 Å². The Bertz CT molecular complexity index is 1100. The molecule has 0 atom stereocenters. The molecule has 0 aliphatic heterocycles. The normalized spacial score (nSPS) is 11.0. The summed E-state index contributed by atoms with van der Waals surface area (Å²) in [6, 6.07) is 36.8. The molecule has 0 heterocycles. The molecule has 0 aliphatic carbocycles. The van der Waals surface area contributed by atoms with Crippen LogP contribution in [0.15, 0.2) is 114 Å². The summed E-state index contributed by atoms with van der Waals surface area (Å²) in [6.45, 7) is 2.30. The van der Waals surface area contributed by atoms with Crippen LogP contribution in [0.4, 0.5) is 5.69 Å². The van der Waals surface area contributed by atoms with E-state index in [1.54, 1.807) is 6.21 Å². The summed E-state index contributed by atoms with van der Waals surface area (Å²) < 4.78 is 0. The first-order valence-electron chi connectivity index (χ1n) is 10.1. The molecule has 0 bridgehead atoms. The third-order valence-corrected chi connectivity index (χ3v) is 9.87. The van der Waals surface area contributed by atoms with Crippen LogP contribution < -0.4 is 15.6 Å². The first-order chi connectivity index (χ1) is 15.6. The average Bonchev–Trinajstić information content (AvgIpc) is 2.85. The fraction of sp³-hybridized carbons (Fsp3) is 0.0385. The molecule has 4 rings (SSSR count). The van der Waals surface area contributed by atoms with Crippen molar-refractivity contribution in [1.29, 1.82) is 0 Å². The average molecular weight is 556 g/mol. The maximum absolute atomic E-state index is 11.3. The van der Waals surface area contributed by atoms with Gasteiger partial charge in [0.15, 0.2) is 0 Å². The Morgan fingerprint density at radius 2 is 1.19 bits per heavy atom. The minimum absolute atomic E-state index is 0.314. The third-order valence-electron chi connectivity index (χ3n) is 5.42. The number of benzene rings is 4. The summed E-state index contributed by atoms with van der Waals surface area (Å²) in [5.41, 5.74) is 1.60. The Kier molecular flexibility index (Phi) is 9.50. The quantitative estimate of drug-likeness (QED) is 0.194. The van der Waals surface area contributed by atoms with Gasteiger partial charge in [-0.05, 0) is 33.8 Å². The van der Waals surface area contributed by atoms with Gasteiger partial charge in [-0.2, -0.15) is 0 Å². The van der Waals surface area contributed by atoms with Crippen LogP contribution in [0.1, 0.15) is 5.56 Å². The van der Waals surface area contributed by atoms with Gasteiger partial charge in [-0.1, -0.05) is 97.5 Å². The van der Waals surface area contributed by atoms with Gasteiger partial charge in [-0.25, -0.2) is 0 Å². The predicted octanol–water partition coefficient (Wildman–Crippen LogP) is 5.62. The van der Waals surface area contributed by atoms with E-state index in [0.717, 1.165) is 16.4 Å². The van der Waals surface area contributed by atoms with E-state index in [1.807, 2.05) is 54.6 Å². The molecule has 32 heavy (non-hydrogen) atoms. The first-order valence-corrected chi connectivity index (χ1v) is 18.9. The van der Waals surface area contributed by atoms with E-state index in [1.165, 1.54) is 10.4 Å². The van der Waals surface area contributed by atoms with Crippen molar-refractivity contribution < 1.29 is 26.0 Å². The summed E-state index contributed by atoms with van der Waals surface area (Å²) in [5.74, 6) is 0.314. The van der Waals surface area contributed by atoms with Gasteiger partial charge >= 0.3 is 37.9 Å². The minimum atomic E-state index is -2.37. The summed E-state index contributed by atoms with van der Waals surface area (Å²) in [7, 11) is 7.49. The Morgan fingerprint density at radius 3 is 1.69 bits per heavy atom. The maximum atomic E-state index is 11.3. The van der Waals surface area contributed by atoms with Crippen molar-refractivity contribution in [3.8, 4) is 5.75 Å². The zero-order valence-corrected chi connectivity index (χ0v) is 22.6. The van der Waals surface area contributed by atoms with Crippen LogP contribution in [0.3, 0.4) is 0 Å². The van der Waals surface area contributed by atoms with Crippen LogP contribution in [0.5, 0.6) is 5.75 Å². The number of aliphatic imine (C=N–C) groups is 1. The molecule has 0 aromatic heterocycles. The van der Waals surface area contributed by atoms with E-state index in [2.05, 4.69) is 66.1 Å². The van der Waals surface area contributed by atoms with Crippen molar-refractivity contribution in [2.75, 3.05) is 0 Å². The Morgan fingerprint density at radius 1 is 0.719 bits per heavy atom. The number of hydrogen-bond acceptors (Lipinski definition) is 2. The molecule has 0 saturated carbocycles. The standard InChI is InChI=1S/C26H23NOSi.2ClH.Zr/c1-29(23-15-7-3-8-16-23,24-17-9-4-10-18-24)25-19-11-12-21(26(25)28)20-27-22-13-5-2-6-14-22;;;/h2-20,28H,1H3;2*1H;/q;;;+2/p-2. The van der Waals surface area contributed by atoms with Crippen LogP contribution in [0.2, 0.25) is 6.55 Å². The van der Waals surface area contributed by atoms with Crippen molar-refractivity contribution in [3.05, 3.63) is 115 Å². The zero-order chi connectivity index (χ0) is 22.8. The number of phenolic OH excluding ortho intramolecular Hbond substituents is 1. The van der Waals surface area contributed by atoms with E-state index in [-0.39, 0.29) is 0 Å². The van der Waals surface area contributed by atoms with Crippen LogP contribution >= 0.6 is 17.0 Å². The topological polar surface area (TPSA) is 32.6 Å². The number of aromatic hydroxyl groups is 1. The Labute approximate surface area is 209 Å². The second-order valence-electron chi connectivity index (χ2n) is 7.27. The summed E-state index contributed by atoms with van der Waals surface area (Å²) in [6.07, 6.45) is 1.75. The van der Waals surface area contributed by atoms with Crippen molar-refractivity contribution in [2.45, 2.75) is 6.55 Å². The summed E-state index contributed by atoms with van der Waals surface area (Å²) in [4.78, 5) is 4.54. The molecule has 0 amide bonds. The van der Waals surface area contributed by atoms with Crippen LogP contribution in [-0.4, -0.2) is 19.4 Å². The molecule has 160 valence electrons. The SMILES string of the molecule is C[Si](c1ccccc1)(c1ccccc1)c1cccc(C=Nc2ccccc2)c1O.[Cl][Zr][Cl]. The van der Waals surface area contributed by atoms with Crippen LogP contribution in [0, 0.1) is 0 Å². The number of rotatable bonds is 5. The fourth-order valence-electron chi connectivity index (χ4n) is 3.75. The van der Waals surface area contributed by atoms with Gasteiger partial charge in [-0.3, -0.25) is 4.99 Å². The molecule has 0 aliphatic rings. The number of hydrogen-bond donors (Lipinski definition) is 1. The van der Waals surface area contributed by atoms with Gasteiger partial charge < -0.3 is 5.11 Å². The van der Waals surface area contributed by atoms with Crippen molar-refractivity contribution >= 4 is 52.6 Å². The first kappa shape index (κ1) is 24.7. The second-order valence-corrected chi connectivity index (χ2v) is 14.9. The van der Waals surface area contributed by atoms with Crippen molar-refractivity contribution in [3.63, 3.8) is 0 Å². The Balaban J connectivity index is 0.000000913. The molecule has 2 nitrogen and oxygen atoms in total. The van der Waals surface area contributed by atoms with E-state index in [9.17, 15) is 5.11 Å². The molecule has 0 spiro atoms. The number of para-hydroxylation sites is 2. The molecule has 0 unspecified atom stereocenters. The number of phenols is 1. The van der Waals surface area contributed by atoms with E-state index < -0.39 is 28.9 Å². The van der Waals surface area contributed by atoms with Crippen LogP contribution in [0.25, 0.3) is 0 Å². The monoisotopic (exact) mass is 553 g/mol. The molecule has 0 radical (unpaired) electrons. The molecule has 4 aromatic carbocycles.